The fourth-order valence-corrected chi connectivity index (χ4v) is 4.77. The van der Waals surface area contributed by atoms with Gasteiger partial charge in [-0.2, -0.15) is 0 Å². The highest BCUT2D eigenvalue weighted by molar-refractivity contribution is 7.15. The molecule has 0 bridgehead atoms. The van der Waals surface area contributed by atoms with Gasteiger partial charge in [-0.3, -0.25) is 10.2 Å². The lowest BCUT2D eigenvalue weighted by Gasteiger charge is -2.43. The Kier molecular flexibility index (Phi) is 8.09. The summed E-state index contributed by atoms with van der Waals surface area (Å²) in [6, 6.07) is -1.21. The smallest absolute Gasteiger partial charge is 0.347 e. The summed E-state index contributed by atoms with van der Waals surface area (Å²) >= 11 is 6.98. The van der Waals surface area contributed by atoms with Crippen LogP contribution in [0.1, 0.15) is 29.4 Å². The van der Waals surface area contributed by atoms with Crippen molar-refractivity contribution in [3.05, 3.63) is 57.8 Å². The number of aromatic nitrogens is 1. The summed E-state index contributed by atoms with van der Waals surface area (Å²) in [4.78, 5) is 43.6. The van der Waals surface area contributed by atoms with Crippen LogP contribution >= 0.6 is 22.9 Å². The molecule has 4 rings (SSSR count). The second kappa shape index (κ2) is 11.2. The molecule has 4 amide bonds. The van der Waals surface area contributed by atoms with Crippen molar-refractivity contribution in [2.24, 2.45) is 5.92 Å². The van der Waals surface area contributed by atoms with Crippen LogP contribution in [0.3, 0.4) is 0 Å². The first-order chi connectivity index (χ1) is 17.2. The third kappa shape index (κ3) is 5.95. The number of urea groups is 2. The maximum absolute atomic E-state index is 13.2. The maximum Gasteiger partial charge on any atom is 0.347 e. The van der Waals surface area contributed by atoms with Crippen molar-refractivity contribution < 1.29 is 29.0 Å². The van der Waals surface area contributed by atoms with Gasteiger partial charge in [-0.05, 0) is 43.4 Å². The van der Waals surface area contributed by atoms with Gasteiger partial charge >= 0.3 is 18.0 Å². The number of allylic oxidation sites excluding steroid dienone is 4. The molecule has 3 aliphatic rings. The molecule has 0 saturated carbocycles. The average Bonchev–Trinajstić information content (AvgIpc) is 3.31. The SMILES string of the molecule is COCN1C(=O)NC(NC2C=CC(Oc3ncc(C(=O)O)s3)=C(C)C2)N(CC2C=CC(Cl)=CC2)C1=O. The van der Waals surface area contributed by atoms with E-state index in [1.165, 1.54) is 13.3 Å². The second-order valence-electron chi connectivity index (χ2n) is 8.46. The normalized spacial score (nSPS) is 24.2. The number of carbonyl (C=O) groups excluding carboxylic acids is 2. The first-order valence-electron chi connectivity index (χ1n) is 11.2. The number of carboxylic acid groups (broad SMARTS) is 1. The lowest BCUT2D eigenvalue weighted by Crippen LogP contribution is -2.70. The molecule has 2 heterocycles. The summed E-state index contributed by atoms with van der Waals surface area (Å²) in [7, 11) is 1.42. The lowest BCUT2D eigenvalue weighted by atomic mass is 9.99. The monoisotopic (exact) mass is 535 g/mol. The first-order valence-corrected chi connectivity index (χ1v) is 12.4. The highest BCUT2D eigenvalue weighted by Gasteiger charge is 2.40. The van der Waals surface area contributed by atoms with Gasteiger partial charge in [-0.1, -0.05) is 41.2 Å². The molecule has 13 heteroatoms. The van der Waals surface area contributed by atoms with Crippen LogP contribution in [0.2, 0.25) is 0 Å². The molecule has 1 aliphatic heterocycles. The van der Waals surface area contributed by atoms with E-state index in [9.17, 15) is 14.4 Å². The van der Waals surface area contributed by atoms with Crippen LogP contribution in [-0.2, 0) is 4.74 Å². The number of ether oxygens (including phenoxy) is 2. The van der Waals surface area contributed by atoms with Crippen molar-refractivity contribution in [1.29, 1.82) is 0 Å². The summed E-state index contributed by atoms with van der Waals surface area (Å²) in [5.74, 6) is -0.447. The molecule has 11 nitrogen and oxygen atoms in total. The molecule has 2 aliphatic carbocycles. The molecule has 1 aromatic heterocycles. The minimum absolute atomic E-state index is 0.0395. The number of thiazole rings is 1. The van der Waals surface area contributed by atoms with Crippen LogP contribution in [0.25, 0.3) is 0 Å². The fourth-order valence-electron chi connectivity index (χ4n) is 3.99. The zero-order chi connectivity index (χ0) is 25.8. The van der Waals surface area contributed by atoms with Crippen molar-refractivity contribution >= 4 is 41.0 Å². The van der Waals surface area contributed by atoms with Crippen molar-refractivity contribution in [2.45, 2.75) is 32.1 Å². The van der Waals surface area contributed by atoms with Gasteiger partial charge in [0.05, 0.1) is 6.20 Å². The van der Waals surface area contributed by atoms with Gasteiger partial charge in [0.1, 0.15) is 17.4 Å². The zero-order valence-electron chi connectivity index (χ0n) is 19.6. The highest BCUT2D eigenvalue weighted by Crippen LogP contribution is 2.28. The number of amides is 4. The Morgan fingerprint density at radius 2 is 2.17 bits per heavy atom. The van der Waals surface area contributed by atoms with E-state index >= 15 is 0 Å². The molecule has 3 atom stereocenters. The Morgan fingerprint density at radius 1 is 1.36 bits per heavy atom. The number of rotatable bonds is 9. The van der Waals surface area contributed by atoms with E-state index in [4.69, 9.17) is 26.2 Å². The van der Waals surface area contributed by atoms with E-state index in [1.807, 2.05) is 25.2 Å². The molecule has 3 unspecified atom stereocenters. The number of nitrogens with one attached hydrogen (secondary N) is 2. The van der Waals surface area contributed by atoms with Crippen LogP contribution in [0.5, 0.6) is 5.19 Å². The topological polar surface area (TPSA) is 133 Å². The minimum Gasteiger partial charge on any atom is -0.477 e. The third-order valence-electron chi connectivity index (χ3n) is 5.82. The quantitative estimate of drug-likeness (QED) is 0.438. The molecule has 0 spiro atoms. The Labute approximate surface area is 216 Å². The van der Waals surface area contributed by atoms with Gasteiger partial charge in [0.15, 0.2) is 6.29 Å². The molecule has 1 aromatic rings. The first kappa shape index (κ1) is 25.9. The van der Waals surface area contributed by atoms with Gasteiger partial charge in [0.2, 0.25) is 0 Å². The Bertz CT molecular complexity index is 1160. The number of carboxylic acids is 1. The van der Waals surface area contributed by atoms with Gasteiger partial charge in [0, 0.05) is 24.7 Å². The highest BCUT2D eigenvalue weighted by atomic mass is 35.5. The van der Waals surface area contributed by atoms with E-state index in [0.717, 1.165) is 21.8 Å². The van der Waals surface area contributed by atoms with E-state index in [2.05, 4.69) is 15.6 Å². The summed E-state index contributed by atoms with van der Waals surface area (Å²) in [6.45, 7) is 2.10. The Hall–Kier alpha value is -3.19. The zero-order valence-corrected chi connectivity index (χ0v) is 21.2. The van der Waals surface area contributed by atoms with Crippen LogP contribution in [0.4, 0.5) is 9.59 Å². The van der Waals surface area contributed by atoms with Crippen LogP contribution < -0.4 is 15.4 Å². The minimum atomic E-state index is -1.06. The fraction of sp³-hybridized carbons (Fsp3) is 0.391. The van der Waals surface area contributed by atoms with Crippen LogP contribution in [0, 0.1) is 5.92 Å². The number of hydrogen-bond acceptors (Lipinski definition) is 8. The predicted molar refractivity (Wildman–Crippen MR) is 132 cm³/mol. The van der Waals surface area contributed by atoms with Gasteiger partial charge < -0.3 is 19.9 Å². The lowest BCUT2D eigenvalue weighted by molar-refractivity contribution is 0.0397. The summed E-state index contributed by atoms with van der Waals surface area (Å²) in [5, 5.41) is 16.1. The van der Waals surface area contributed by atoms with Crippen molar-refractivity contribution in [3.8, 4) is 5.19 Å². The summed E-state index contributed by atoms with van der Waals surface area (Å²) in [6.07, 6.45) is 11.0. The molecule has 0 radical (unpaired) electrons. The predicted octanol–water partition coefficient (Wildman–Crippen LogP) is 3.45. The van der Waals surface area contributed by atoms with Gasteiger partial charge in [-0.25, -0.2) is 24.3 Å². The van der Waals surface area contributed by atoms with Gasteiger partial charge in [0.25, 0.3) is 5.19 Å². The Balaban J connectivity index is 1.44. The van der Waals surface area contributed by atoms with Crippen molar-refractivity contribution in [1.82, 2.24) is 25.4 Å². The third-order valence-corrected chi connectivity index (χ3v) is 6.96. The molecule has 1 fully saturated rings. The van der Waals surface area contributed by atoms with E-state index in [0.29, 0.717) is 30.2 Å². The number of halogens is 1. The number of hydrogen-bond donors (Lipinski definition) is 3. The number of methoxy groups -OCH3 is 1. The van der Waals surface area contributed by atoms with Crippen LogP contribution in [0.15, 0.2) is 52.9 Å². The maximum atomic E-state index is 13.2. The molecular formula is C23H26ClN5O6S. The van der Waals surface area contributed by atoms with Crippen molar-refractivity contribution in [3.63, 3.8) is 0 Å². The molecule has 1 saturated heterocycles. The molecule has 36 heavy (non-hydrogen) atoms. The number of aromatic carboxylic acids is 1. The second-order valence-corrected chi connectivity index (χ2v) is 9.88. The average molecular weight is 536 g/mol. The molecule has 3 N–H and O–H groups in total. The summed E-state index contributed by atoms with van der Waals surface area (Å²) < 4.78 is 10.8. The van der Waals surface area contributed by atoms with Crippen molar-refractivity contribution in [2.75, 3.05) is 20.4 Å². The van der Waals surface area contributed by atoms with Crippen LogP contribution in [-0.4, -0.2) is 70.6 Å². The Morgan fingerprint density at radius 3 is 2.81 bits per heavy atom. The number of nitrogens with zero attached hydrogens (tertiary/aromatic N) is 3. The molecule has 0 aromatic carbocycles. The molecule has 192 valence electrons. The number of imide groups is 1. The molecular weight excluding hydrogens is 510 g/mol. The van der Waals surface area contributed by atoms with E-state index < -0.39 is 24.3 Å². The number of carbonyl (C=O) groups is 3. The van der Waals surface area contributed by atoms with E-state index in [1.54, 1.807) is 17.1 Å². The largest absolute Gasteiger partial charge is 0.477 e. The van der Waals surface area contributed by atoms with E-state index in [-0.39, 0.29) is 28.8 Å². The summed E-state index contributed by atoms with van der Waals surface area (Å²) in [5.41, 5.74) is 0.901. The standard InChI is InChI=1S/C23H26ClN5O6S/c1-13-9-16(7-8-17(13)35-22-25-10-18(36-22)19(30)31)26-20-27-21(32)29(12-34-2)23(33)28(20)11-14-3-5-15(24)6-4-14/h3,5-8,10,14,16,20,26H,4,9,11-12H2,1-2H3,(H,27,32)(H,30,31). The van der Waals surface area contributed by atoms with Gasteiger partial charge in [-0.15, -0.1) is 0 Å².